The van der Waals surface area contributed by atoms with Crippen LogP contribution in [0.1, 0.15) is 17.3 Å². The van der Waals surface area contributed by atoms with Gasteiger partial charge >= 0.3 is 0 Å². The number of amides is 1. The zero-order valence-corrected chi connectivity index (χ0v) is 18.6. The molecular weight excluding hydrogens is 430 g/mol. The van der Waals surface area contributed by atoms with Gasteiger partial charge in [0.2, 0.25) is 5.95 Å². The number of nitrogens with one attached hydrogen (secondary N) is 1. The number of nitrogens with zero attached hydrogens (tertiary/aromatic N) is 8. The summed E-state index contributed by atoms with van der Waals surface area (Å²) in [7, 11) is 0. The van der Waals surface area contributed by atoms with Gasteiger partial charge in [-0.15, -0.1) is 0 Å². The Bertz CT molecular complexity index is 1240. The number of pyridine rings is 2. The van der Waals surface area contributed by atoms with Gasteiger partial charge in [-0.1, -0.05) is 6.07 Å². The number of carbonyl (C=O) groups excluding carboxylic acids is 1. The highest BCUT2D eigenvalue weighted by atomic mass is 16.1. The fourth-order valence-corrected chi connectivity index (χ4v) is 3.88. The van der Waals surface area contributed by atoms with Gasteiger partial charge in [0.15, 0.2) is 0 Å². The summed E-state index contributed by atoms with van der Waals surface area (Å²) in [5, 5.41) is 10.4. The minimum absolute atomic E-state index is 0.219. The van der Waals surface area contributed by atoms with E-state index in [1.54, 1.807) is 36.9 Å². The van der Waals surface area contributed by atoms with Gasteiger partial charge in [-0.2, -0.15) is 10.2 Å². The van der Waals surface area contributed by atoms with Crippen molar-refractivity contribution in [3.8, 4) is 11.3 Å². The summed E-state index contributed by atoms with van der Waals surface area (Å²) in [5.74, 6) is 1.34. The first-order chi connectivity index (χ1) is 16.7. The van der Waals surface area contributed by atoms with Gasteiger partial charge in [0, 0.05) is 43.6 Å². The van der Waals surface area contributed by atoms with Gasteiger partial charge in [-0.25, -0.2) is 15.0 Å². The average Bonchev–Trinajstić information content (AvgIpc) is 2.90. The van der Waals surface area contributed by atoms with Crippen LogP contribution in [0.5, 0.6) is 0 Å². The smallest absolute Gasteiger partial charge is 0.257 e. The van der Waals surface area contributed by atoms with Crippen LogP contribution in [0.25, 0.3) is 11.3 Å². The Morgan fingerprint density at radius 2 is 1.79 bits per heavy atom. The topological polar surface area (TPSA) is 113 Å². The standard InChI is InChI=1S/C24H23N9O/c1-17-16-32(22-4-2-3-8-25-22)10-11-33(17)24-27-14-20(15-28-24)31-23(34)19-5-6-21(26-12-19)18-7-9-29-30-13-18/h2-9,12-15,17H,10-11,16H2,1H3,(H,31,34)/t17-/m0/s1. The van der Waals surface area contributed by atoms with Crippen molar-refractivity contribution in [2.45, 2.75) is 13.0 Å². The van der Waals surface area contributed by atoms with E-state index >= 15 is 0 Å². The number of aromatic nitrogens is 6. The van der Waals surface area contributed by atoms with Crippen LogP contribution in [0.3, 0.4) is 0 Å². The fraction of sp³-hybridized carbons (Fsp3) is 0.208. The van der Waals surface area contributed by atoms with E-state index in [-0.39, 0.29) is 11.9 Å². The summed E-state index contributed by atoms with van der Waals surface area (Å²) in [6, 6.07) is 11.5. The summed E-state index contributed by atoms with van der Waals surface area (Å²) in [5.41, 5.74) is 2.52. The van der Waals surface area contributed by atoms with Crippen molar-refractivity contribution < 1.29 is 4.79 Å². The molecule has 0 bridgehead atoms. The van der Waals surface area contributed by atoms with Crippen LogP contribution in [0.15, 0.2) is 73.6 Å². The Kier molecular flexibility index (Phi) is 6.02. The maximum absolute atomic E-state index is 12.6. The van der Waals surface area contributed by atoms with Gasteiger partial charge in [-0.3, -0.25) is 9.78 Å². The van der Waals surface area contributed by atoms with Crippen LogP contribution in [0.4, 0.5) is 17.5 Å². The lowest BCUT2D eigenvalue weighted by atomic mass is 10.1. The lowest BCUT2D eigenvalue weighted by Crippen LogP contribution is -2.53. The van der Waals surface area contributed by atoms with Gasteiger partial charge in [0.25, 0.3) is 5.91 Å². The molecule has 0 spiro atoms. The molecule has 5 rings (SSSR count). The molecule has 4 aromatic rings. The highest BCUT2D eigenvalue weighted by Gasteiger charge is 2.26. The van der Waals surface area contributed by atoms with Crippen LogP contribution in [0, 0.1) is 0 Å². The summed E-state index contributed by atoms with van der Waals surface area (Å²) >= 11 is 0. The van der Waals surface area contributed by atoms with Gasteiger partial charge < -0.3 is 15.1 Å². The first-order valence-corrected chi connectivity index (χ1v) is 11.0. The van der Waals surface area contributed by atoms with Crippen molar-refractivity contribution in [3.05, 3.63) is 79.1 Å². The predicted molar refractivity (Wildman–Crippen MR) is 129 cm³/mol. The van der Waals surface area contributed by atoms with Gasteiger partial charge in [-0.05, 0) is 37.3 Å². The summed E-state index contributed by atoms with van der Waals surface area (Å²) in [6.45, 7) is 4.60. The molecule has 170 valence electrons. The summed E-state index contributed by atoms with van der Waals surface area (Å²) in [6.07, 6.45) is 9.82. The van der Waals surface area contributed by atoms with E-state index in [1.165, 1.54) is 6.20 Å². The molecule has 1 atom stereocenters. The molecule has 1 aliphatic heterocycles. The normalized spacial score (nSPS) is 15.7. The maximum Gasteiger partial charge on any atom is 0.257 e. The van der Waals surface area contributed by atoms with Crippen molar-refractivity contribution in [2.75, 3.05) is 34.8 Å². The highest BCUT2D eigenvalue weighted by molar-refractivity contribution is 6.04. The van der Waals surface area contributed by atoms with Gasteiger partial charge in [0.1, 0.15) is 5.82 Å². The van der Waals surface area contributed by atoms with Crippen molar-refractivity contribution in [3.63, 3.8) is 0 Å². The molecule has 1 amide bonds. The minimum atomic E-state index is -0.277. The molecule has 5 heterocycles. The Balaban J connectivity index is 1.20. The van der Waals surface area contributed by atoms with E-state index in [9.17, 15) is 4.79 Å². The lowest BCUT2D eigenvalue weighted by molar-refractivity contribution is 0.102. The van der Waals surface area contributed by atoms with Crippen molar-refractivity contribution in [2.24, 2.45) is 0 Å². The molecule has 0 unspecified atom stereocenters. The molecule has 0 saturated carbocycles. The molecule has 34 heavy (non-hydrogen) atoms. The number of hydrogen-bond donors (Lipinski definition) is 1. The SMILES string of the molecule is C[C@H]1CN(c2ccccn2)CCN1c1ncc(NC(=O)c2ccc(-c3ccnnc3)nc2)cn1. The van der Waals surface area contributed by atoms with E-state index in [0.717, 1.165) is 36.7 Å². The van der Waals surface area contributed by atoms with Crippen LogP contribution in [0.2, 0.25) is 0 Å². The number of rotatable bonds is 5. The number of anilines is 3. The predicted octanol–water partition coefficient (Wildman–Crippen LogP) is 2.69. The molecule has 1 N–H and O–H groups in total. The molecule has 4 aromatic heterocycles. The van der Waals surface area contributed by atoms with Gasteiger partial charge in [0.05, 0.1) is 41.7 Å². The van der Waals surface area contributed by atoms with Crippen molar-refractivity contribution >= 4 is 23.4 Å². The average molecular weight is 454 g/mol. The monoisotopic (exact) mass is 453 g/mol. The first kappa shape index (κ1) is 21.4. The third-order valence-electron chi connectivity index (χ3n) is 5.66. The van der Waals surface area contributed by atoms with E-state index in [1.807, 2.05) is 30.5 Å². The Labute approximate surface area is 196 Å². The third kappa shape index (κ3) is 4.65. The molecular formula is C24H23N9O. The Morgan fingerprint density at radius 1 is 0.912 bits per heavy atom. The molecule has 10 heteroatoms. The lowest BCUT2D eigenvalue weighted by Gasteiger charge is -2.40. The number of hydrogen-bond acceptors (Lipinski definition) is 9. The van der Waals surface area contributed by atoms with E-state index in [2.05, 4.69) is 52.2 Å². The molecule has 0 aliphatic carbocycles. The second-order valence-electron chi connectivity index (χ2n) is 7.97. The van der Waals surface area contributed by atoms with Crippen LogP contribution >= 0.6 is 0 Å². The maximum atomic E-state index is 12.6. The van der Waals surface area contributed by atoms with Crippen LogP contribution < -0.4 is 15.1 Å². The van der Waals surface area contributed by atoms with Crippen LogP contribution in [-0.2, 0) is 0 Å². The Hall–Kier alpha value is -4.47. The fourth-order valence-electron chi connectivity index (χ4n) is 3.88. The summed E-state index contributed by atoms with van der Waals surface area (Å²) < 4.78 is 0. The highest BCUT2D eigenvalue weighted by Crippen LogP contribution is 2.21. The zero-order valence-electron chi connectivity index (χ0n) is 18.6. The Morgan fingerprint density at radius 3 is 2.47 bits per heavy atom. The van der Waals surface area contributed by atoms with Crippen molar-refractivity contribution in [1.82, 2.24) is 30.1 Å². The quantitative estimate of drug-likeness (QED) is 0.487. The second kappa shape index (κ2) is 9.57. The number of carbonyl (C=O) groups is 1. The molecule has 1 aliphatic rings. The summed E-state index contributed by atoms with van der Waals surface area (Å²) in [4.78, 5) is 34.8. The number of piperazine rings is 1. The van der Waals surface area contributed by atoms with E-state index < -0.39 is 0 Å². The second-order valence-corrected chi connectivity index (χ2v) is 7.97. The zero-order chi connectivity index (χ0) is 23.3. The largest absolute Gasteiger partial charge is 0.353 e. The third-order valence-corrected chi connectivity index (χ3v) is 5.66. The molecule has 1 saturated heterocycles. The molecule has 10 nitrogen and oxygen atoms in total. The van der Waals surface area contributed by atoms with Crippen LogP contribution in [-0.4, -0.2) is 61.7 Å². The van der Waals surface area contributed by atoms with E-state index in [4.69, 9.17) is 0 Å². The van der Waals surface area contributed by atoms with E-state index in [0.29, 0.717) is 17.2 Å². The molecule has 0 aromatic carbocycles. The first-order valence-electron chi connectivity index (χ1n) is 11.0. The molecule has 0 radical (unpaired) electrons. The minimum Gasteiger partial charge on any atom is -0.353 e. The van der Waals surface area contributed by atoms with Crippen molar-refractivity contribution in [1.29, 1.82) is 0 Å². The molecule has 1 fully saturated rings.